The Morgan fingerprint density at radius 3 is 2.79 bits per heavy atom. The van der Waals surface area contributed by atoms with Gasteiger partial charge in [0.25, 0.3) is 0 Å². The predicted octanol–water partition coefficient (Wildman–Crippen LogP) is 1.18. The third-order valence-electron chi connectivity index (χ3n) is 3.49. The van der Waals surface area contributed by atoms with Gasteiger partial charge in [-0.1, -0.05) is 13.3 Å². The number of amides is 2. The van der Waals surface area contributed by atoms with Gasteiger partial charge >= 0.3 is 0 Å². The average Bonchev–Trinajstić information content (AvgIpc) is 2.67. The summed E-state index contributed by atoms with van der Waals surface area (Å²) in [5, 5.41) is 3.05. The topological polar surface area (TPSA) is 58.6 Å². The average molecular weight is 270 g/mol. The van der Waals surface area contributed by atoms with E-state index in [2.05, 4.69) is 12.2 Å². The maximum Gasteiger partial charge on any atom is 0.225 e. The predicted molar refractivity (Wildman–Crippen MR) is 73.7 cm³/mol. The van der Waals surface area contributed by atoms with Crippen LogP contribution in [0.1, 0.15) is 40.0 Å². The number of carbonyl (C=O) groups excluding carboxylic acids is 2. The minimum atomic E-state index is -0.222. The highest BCUT2D eigenvalue weighted by molar-refractivity contribution is 5.89. The van der Waals surface area contributed by atoms with Gasteiger partial charge in [-0.15, -0.1) is 0 Å². The summed E-state index contributed by atoms with van der Waals surface area (Å²) in [5.74, 6) is -0.183. The van der Waals surface area contributed by atoms with Crippen molar-refractivity contribution < 1.29 is 14.3 Å². The molecule has 19 heavy (non-hydrogen) atoms. The standard InChI is InChI=1S/C14H26N2O3/c1-5-6-14(2,3)15-13(18)11-9-12(17)16(10-11)7-8-19-4/h11H,5-10H2,1-4H3,(H,15,18)/t11-/m1/s1. The molecule has 1 aliphatic heterocycles. The Morgan fingerprint density at radius 1 is 1.53 bits per heavy atom. The Labute approximate surface area is 115 Å². The Morgan fingerprint density at radius 2 is 2.21 bits per heavy atom. The van der Waals surface area contributed by atoms with Crippen molar-refractivity contribution in [1.82, 2.24) is 10.2 Å². The van der Waals surface area contributed by atoms with Crippen molar-refractivity contribution in [3.63, 3.8) is 0 Å². The molecule has 0 unspecified atom stereocenters. The number of nitrogens with one attached hydrogen (secondary N) is 1. The van der Waals surface area contributed by atoms with Gasteiger partial charge in [0.2, 0.25) is 11.8 Å². The number of carbonyl (C=O) groups is 2. The lowest BCUT2D eigenvalue weighted by atomic mass is 9.97. The number of hydrogen-bond acceptors (Lipinski definition) is 3. The molecule has 0 saturated carbocycles. The monoisotopic (exact) mass is 270 g/mol. The van der Waals surface area contributed by atoms with E-state index in [4.69, 9.17) is 4.74 Å². The number of hydrogen-bond donors (Lipinski definition) is 1. The van der Waals surface area contributed by atoms with Crippen molar-refractivity contribution in [2.45, 2.75) is 45.6 Å². The van der Waals surface area contributed by atoms with Crippen LogP contribution in [0.3, 0.4) is 0 Å². The fourth-order valence-electron chi connectivity index (χ4n) is 2.49. The summed E-state index contributed by atoms with van der Waals surface area (Å²) in [5.41, 5.74) is -0.200. The molecule has 5 heteroatoms. The zero-order valence-electron chi connectivity index (χ0n) is 12.5. The molecule has 5 nitrogen and oxygen atoms in total. The van der Waals surface area contributed by atoms with Crippen LogP contribution >= 0.6 is 0 Å². The quantitative estimate of drug-likeness (QED) is 0.755. The molecule has 2 amide bonds. The van der Waals surface area contributed by atoms with E-state index >= 15 is 0 Å². The van der Waals surface area contributed by atoms with Crippen LogP contribution in [0.2, 0.25) is 0 Å². The molecule has 0 aromatic rings. The van der Waals surface area contributed by atoms with Crippen LogP contribution in [0.5, 0.6) is 0 Å². The Kier molecular flexibility index (Phi) is 5.79. The summed E-state index contributed by atoms with van der Waals surface area (Å²) in [4.78, 5) is 25.7. The molecule has 1 N–H and O–H groups in total. The van der Waals surface area contributed by atoms with E-state index in [1.807, 2.05) is 13.8 Å². The summed E-state index contributed by atoms with van der Waals surface area (Å²) in [6.07, 6.45) is 2.28. The molecule has 0 spiro atoms. The number of ether oxygens (including phenoxy) is 1. The lowest BCUT2D eigenvalue weighted by Crippen LogP contribution is -2.46. The minimum absolute atomic E-state index is 0.00767. The van der Waals surface area contributed by atoms with Crippen LogP contribution in [0, 0.1) is 5.92 Å². The zero-order valence-corrected chi connectivity index (χ0v) is 12.5. The Balaban J connectivity index is 2.49. The van der Waals surface area contributed by atoms with Gasteiger partial charge in [0.05, 0.1) is 12.5 Å². The normalized spacial score (nSPS) is 19.9. The van der Waals surface area contributed by atoms with Crippen molar-refractivity contribution in [3.8, 4) is 0 Å². The lowest BCUT2D eigenvalue weighted by Gasteiger charge is -2.27. The summed E-state index contributed by atoms with van der Waals surface area (Å²) in [6, 6.07) is 0. The van der Waals surface area contributed by atoms with Crippen LogP contribution in [-0.2, 0) is 14.3 Å². The van der Waals surface area contributed by atoms with E-state index < -0.39 is 0 Å². The first-order chi connectivity index (χ1) is 8.89. The van der Waals surface area contributed by atoms with Crippen molar-refractivity contribution in [1.29, 1.82) is 0 Å². The molecule has 1 heterocycles. The molecule has 110 valence electrons. The van der Waals surface area contributed by atoms with E-state index in [1.165, 1.54) is 0 Å². The van der Waals surface area contributed by atoms with E-state index in [-0.39, 0.29) is 23.3 Å². The van der Waals surface area contributed by atoms with Crippen molar-refractivity contribution in [2.75, 3.05) is 26.8 Å². The molecule has 1 aliphatic rings. The van der Waals surface area contributed by atoms with Crippen LogP contribution in [0.25, 0.3) is 0 Å². The fraction of sp³-hybridized carbons (Fsp3) is 0.857. The highest BCUT2D eigenvalue weighted by Gasteiger charge is 2.35. The molecule has 0 radical (unpaired) electrons. The maximum atomic E-state index is 12.2. The van der Waals surface area contributed by atoms with E-state index in [0.717, 1.165) is 12.8 Å². The Hall–Kier alpha value is -1.10. The number of nitrogens with zero attached hydrogens (tertiary/aromatic N) is 1. The maximum absolute atomic E-state index is 12.2. The number of rotatable bonds is 7. The molecule has 0 aromatic carbocycles. The molecule has 1 fully saturated rings. The summed E-state index contributed by atoms with van der Waals surface area (Å²) < 4.78 is 4.97. The van der Waals surface area contributed by atoms with Gasteiger partial charge in [-0.3, -0.25) is 9.59 Å². The molecule has 0 bridgehead atoms. The van der Waals surface area contributed by atoms with Crippen molar-refractivity contribution in [2.24, 2.45) is 5.92 Å². The van der Waals surface area contributed by atoms with Gasteiger partial charge in [-0.05, 0) is 20.3 Å². The number of likely N-dealkylation sites (tertiary alicyclic amines) is 1. The summed E-state index contributed by atoms with van der Waals surface area (Å²) >= 11 is 0. The van der Waals surface area contributed by atoms with Gasteiger partial charge in [-0.25, -0.2) is 0 Å². The smallest absolute Gasteiger partial charge is 0.225 e. The highest BCUT2D eigenvalue weighted by Crippen LogP contribution is 2.20. The highest BCUT2D eigenvalue weighted by atomic mass is 16.5. The van der Waals surface area contributed by atoms with E-state index in [0.29, 0.717) is 26.1 Å². The summed E-state index contributed by atoms with van der Waals surface area (Å²) in [6.45, 7) is 7.73. The second kappa shape index (κ2) is 6.89. The molecule has 0 aromatic heterocycles. The van der Waals surface area contributed by atoms with Gasteiger partial charge < -0.3 is 15.0 Å². The van der Waals surface area contributed by atoms with Crippen molar-refractivity contribution in [3.05, 3.63) is 0 Å². The second-order valence-electron chi connectivity index (χ2n) is 5.86. The molecule has 0 aliphatic carbocycles. The first kappa shape index (κ1) is 16.0. The van der Waals surface area contributed by atoms with Crippen LogP contribution in [-0.4, -0.2) is 49.1 Å². The van der Waals surface area contributed by atoms with E-state index in [1.54, 1.807) is 12.0 Å². The third kappa shape index (κ3) is 4.82. The fourth-order valence-corrected chi connectivity index (χ4v) is 2.49. The van der Waals surface area contributed by atoms with Crippen LogP contribution in [0.15, 0.2) is 0 Å². The second-order valence-corrected chi connectivity index (χ2v) is 5.86. The largest absolute Gasteiger partial charge is 0.383 e. The minimum Gasteiger partial charge on any atom is -0.383 e. The molecule has 1 saturated heterocycles. The summed E-state index contributed by atoms with van der Waals surface area (Å²) in [7, 11) is 1.61. The van der Waals surface area contributed by atoms with E-state index in [9.17, 15) is 9.59 Å². The van der Waals surface area contributed by atoms with Gasteiger partial charge in [-0.2, -0.15) is 0 Å². The van der Waals surface area contributed by atoms with Gasteiger partial charge in [0.15, 0.2) is 0 Å². The first-order valence-electron chi connectivity index (χ1n) is 6.98. The van der Waals surface area contributed by atoms with Gasteiger partial charge in [0, 0.05) is 32.2 Å². The van der Waals surface area contributed by atoms with Crippen LogP contribution < -0.4 is 5.32 Å². The van der Waals surface area contributed by atoms with Crippen molar-refractivity contribution >= 4 is 11.8 Å². The molecular formula is C14H26N2O3. The SMILES string of the molecule is CCCC(C)(C)NC(=O)[C@@H]1CC(=O)N(CCOC)C1. The third-order valence-corrected chi connectivity index (χ3v) is 3.49. The first-order valence-corrected chi connectivity index (χ1v) is 6.98. The van der Waals surface area contributed by atoms with Crippen LogP contribution in [0.4, 0.5) is 0 Å². The lowest BCUT2D eigenvalue weighted by molar-refractivity contribution is -0.129. The molecule has 1 rings (SSSR count). The number of methoxy groups -OCH3 is 1. The Bertz CT molecular complexity index is 329. The zero-order chi connectivity index (χ0) is 14.5. The molecular weight excluding hydrogens is 244 g/mol. The molecule has 1 atom stereocenters. The van der Waals surface area contributed by atoms with Gasteiger partial charge in [0.1, 0.15) is 0 Å².